The van der Waals surface area contributed by atoms with Crippen LogP contribution in [0.5, 0.6) is 0 Å². The number of hydrogen-bond donors (Lipinski definition) is 1. The molecule has 31 heavy (non-hydrogen) atoms. The predicted molar refractivity (Wildman–Crippen MR) is 111 cm³/mol. The zero-order valence-electron chi connectivity index (χ0n) is 17.2. The standard InChI is InChI=1S/C21H21N3O6S/c1-13-4-6-17(7-5-13)21-24-23-20(30-21)15(3)29-19(26)12-22-31(27,28)18-10-8-16(9-11-18)14(2)25/h4-11,15,22H,12H2,1-3H3. The minimum absolute atomic E-state index is 0.0713. The molecule has 9 nitrogen and oxygen atoms in total. The molecule has 10 heteroatoms. The molecular weight excluding hydrogens is 422 g/mol. The van der Waals surface area contributed by atoms with Gasteiger partial charge < -0.3 is 9.15 Å². The molecule has 1 atom stereocenters. The summed E-state index contributed by atoms with van der Waals surface area (Å²) in [5.74, 6) is -0.619. The monoisotopic (exact) mass is 443 g/mol. The second kappa shape index (κ2) is 9.19. The molecule has 0 aliphatic carbocycles. The Morgan fingerprint density at radius 1 is 1.06 bits per heavy atom. The number of benzene rings is 2. The first kappa shape index (κ1) is 22.3. The molecule has 0 aliphatic heterocycles. The van der Waals surface area contributed by atoms with E-state index < -0.39 is 28.6 Å². The highest BCUT2D eigenvalue weighted by Crippen LogP contribution is 2.22. The van der Waals surface area contributed by atoms with E-state index in [1.54, 1.807) is 6.92 Å². The highest BCUT2D eigenvalue weighted by atomic mass is 32.2. The molecule has 1 unspecified atom stereocenters. The number of ketones is 1. The van der Waals surface area contributed by atoms with Gasteiger partial charge in [0.25, 0.3) is 5.89 Å². The first-order valence-electron chi connectivity index (χ1n) is 9.36. The third-order valence-corrected chi connectivity index (χ3v) is 5.79. The molecular formula is C21H21N3O6S. The van der Waals surface area contributed by atoms with E-state index in [4.69, 9.17) is 9.15 Å². The van der Waals surface area contributed by atoms with Crippen LogP contribution < -0.4 is 4.72 Å². The van der Waals surface area contributed by atoms with E-state index >= 15 is 0 Å². The Hall–Kier alpha value is -3.37. The molecule has 0 saturated carbocycles. The Morgan fingerprint density at radius 3 is 2.32 bits per heavy atom. The molecule has 1 heterocycles. The van der Waals surface area contributed by atoms with E-state index in [0.29, 0.717) is 5.56 Å². The van der Waals surface area contributed by atoms with Crippen molar-refractivity contribution in [2.24, 2.45) is 0 Å². The van der Waals surface area contributed by atoms with Gasteiger partial charge >= 0.3 is 5.97 Å². The Labute approximate surface area is 179 Å². The lowest BCUT2D eigenvalue weighted by Crippen LogP contribution is -2.31. The van der Waals surface area contributed by atoms with Crippen LogP contribution in [-0.4, -0.2) is 36.9 Å². The summed E-state index contributed by atoms with van der Waals surface area (Å²) in [6, 6.07) is 12.9. The van der Waals surface area contributed by atoms with Gasteiger partial charge in [-0.3, -0.25) is 9.59 Å². The van der Waals surface area contributed by atoms with E-state index in [9.17, 15) is 18.0 Å². The fourth-order valence-corrected chi connectivity index (χ4v) is 3.58. The molecule has 0 radical (unpaired) electrons. The number of ether oxygens (including phenoxy) is 1. The molecule has 0 amide bonds. The summed E-state index contributed by atoms with van der Waals surface area (Å²) in [5.41, 5.74) is 2.20. The Morgan fingerprint density at radius 2 is 1.71 bits per heavy atom. The first-order chi connectivity index (χ1) is 14.7. The maximum absolute atomic E-state index is 12.3. The summed E-state index contributed by atoms with van der Waals surface area (Å²) < 4.78 is 37.5. The number of hydrogen-bond acceptors (Lipinski definition) is 8. The van der Waals surface area contributed by atoms with Gasteiger partial charge in [0.2, 0.25) is 15.9 Å². The van der Waals surface area contributed by atoms with Crippen LogP contribution in [0.25, 0.3) is 11.5 Å². The molecule has 3 aromatic rings. The van der Waals surface area contributed by atoms with Crippen molar-refractivity contribution in [1.29, 1.82) is 0 Å². The van der Waals surface area contributed by atoms with E-state index in [2.05, 4.69) is 14.9 Å². The molecule has 0 spiro atoms. The van der Waals surface area contributed by atoms with Crippen LogP contribution in [-0.2, 0) is 19.6 Å². The average molecular weight is 443 g/mol. The fourth-order valence-electron chi connectivity index (χ4n) is 2.61. The molecule has 0 aliphatic rings. The van der Waals surface area contributed by atoms with Crippen LogP contribution in [0.4, 0.5) is 0 Å². The molecule has 162 valence electrons. The number of aryl methyl sites for hydroxylation is 1. The van der Waals surface area contributed by atoms with Gasteiger partial charge in [0, 0.05) is 11.1 Å². The third kappa shape index (κ3) is 5.62. The van der Waals surface area contributed by atoms with Crippen LogP contribution in [0, 0.1) is 6.92 Å². The van der Waals surface area contributed by atoms with Crippen LogP contribution in [0.1, 0.15) is 41.8 Å². The Kier molecular flexibility index (Phi) is 6.62. The smallest absolute Gasteiger partial charge is 0.321 e. The van der Waals surface area contributed by atoms with Crippen molar-refractivity contribution in [2.45, 2.75) is 31.8 Å². The van der Waals surface area contributed by atoms with Gasteiger partial charge in [0.1, 0.15) is 6.54 Å². The lowest BCUT2D eigenvalue weighted by Gasteiger charge is -2.10. The largest absolute Gasteiger partial charge is 0.452 e. The average Bonchev–Trinajstić information content (AvgIpc) is 3.23. The van der Waals surface area contributed by atoms with Crippen molar-refractivity contribution >= 4 is 21.8 Å². The summed E-state index contributed by atoms with van der Waals surface area (Å²) in [6.45, 7) is 4.30. The van der Waals surface area contributed by atoms with Gasteiger partial charge in [-0.15, -0.1) is 10.2 Å². The number of nitrogens with zero attached hydrogens (tertiary/aromatic N) is 2. The molecule has 0 saturated heterocycles. The van der Waals surface area contributed by atoms with Crippen molar-refractivity contribution in [3.8, 4) is 11.5 Å². The Balaban J connectivity index is 1.58. The van der Waals surface area contributed by atoms with Crippen LogP contribution in [0.2, 0.25) is 0 Å². The second-order valence-electron chi connectivity index (χ2n) is 6.85. The normalized spacial score (nSPS) is 12.4. The topological polar surface area (TPSA) is 128 Å². The lowest BCUT2D eigenvalue weighted by molar-refractivity contribution is -0.148. The Bertz CT molecular complexity index is 1180. The van der Waals surface area contributed by atoms with Crippen molar-refractivity contribution in [2.75, 3.05) is 6.54 Å². The van der Waals surface area contributed by atoms with Crippen molar-refractivity contribution in [1.82, 2.24) is 14.9 Å². The summed E-state index contributed by atoms with van der Waals surface area (Å²) >= 11 is 0. The summed E-state index contributed by atoms with van der Waals surface area (Å²) in [6.07, 6.45) is -0.862. The van der Waals surface area contributed by atoms with Crippen molar-refractivity contribution in [3.05, 3.63) is 65.5 Å². The molecule has 0 bridgehead atoms. The number of esters is 1. The summed E-state index contributed by atoms with van der Waals surface area (Å²) in [5, 5.41) is 7.83. The van der Waals surface area contributed by atoms with Gasteiger partial charge in [-0.1, -0.05) is 29.8 Å². The number of Topliss-reactive ketones (excluding diaryl/α,β-unsaturated/α-hetero) is 1. The van der Waals surface area contributed by atoms with Gasteiger partial charge in [-0.25, -0.2) is 8.42 Å². The van der Waals surface area contributed by atoms with Crippen LogP contribution >= 0.6 is 0 Å². The lowest BCUT2D eigenvalue weighted by atomic mass is 10.1. The van der Waals surface area contributed by atoms with E-state index in [1.165, 1.54) is 31.2 Å². The minimum atomic E-state index is -3.95. The molecule has 1 aromatic heterocycles. The van der Waals surface area contributed by atoms with Crippen LogP contribution in [0.3, 0.4) is 0 Å². The molecule has 2 aromatic carbocycles. The summed E-state index contributed by atoms with van der Waals surface area (Å²) in [7, 11) is -3.95. The van der Waals surface area contributed by atoms with Crippen molar-refractivity contribution in [3.63, 3.8) is 0 Å². The number of nitrogens with one attached hydrogen (secondary N) is 1. The first-order valence-corrected chi connectivity index (χ1v) is 10.8. The quantitative estimate of drug-likeness (QED) is 0.416. The van der Waals surface area contributed by atoms with Gasteiger partial charge in [-0.05, 0) is 45.0 Å². The molecule has 1 N–H and O–H groups in total. The number of carbonyl (C=O) groups excluding carboxylic acids is 2. The SMILES string of the molecule is CC(=O)c1ccc(S(=O)(=O)NCC(=O)OC(C)c2nnc(-c3ccc(C)cc3)o2)cc1. The third-order valence-electron chi connectivity index (χ3n) is 4.37. The fraction of sp³-hybridized carbons (Fsp3) is 0.238. The van der Waals surface area contributed by atoms with E-state index in [-0.39, 0.29) is 22.5 Å². The molecule has 3 rings (SSSR count). The zero-order chi connectivity index (χ0) is 22.6. The highest BCUT2D eigenvalue weighted by molar-refractivity contribution is 7.89. The van der Waals surface area contributed by atoms with E-state index in [1.807, 2.05) is 31.2 Å². The maximum atomic E-state index is 12.3. The minimum Gasteiger partial charge on any atom is -0.452 e. The summed E-state index contributed by atoms with van der Waals surface area (Å²) in [4.78, 5) is 23.3. The van der Waals surface area contributed by atoms with Crippen LogP contribution in [0.15, 0.2) is 57.8 Å². The van der Waals surface area contributed by atoms with Gasteiger partial charge in [0.05, 0.1) is 4.90 Å². The second-order valence-corrected chi connectivity index (χ2v) is 8.62. The number of carbonyl (C=O) groups is 2. The predicted octanol–water partition coefficient (Wildman–Crippen LogP) is 2.83. The van der Waals surface area contributed by atoms with Gasteiger partial charge in [-0.2, -0.15) is 4.72 Å². The highest BCUT2D eigenvalue weighted by Gasteiger charge is 2.21. The van der Waals surface area contributed by atoms with Gasteiger partial charge in [0.15, 0.2) is 11.9 Å². The van der Waals surface area contributed by atoms with E-state index in [0.717, 1.165) is 11.1 Å². The number of aromatic nitrogens is 2. The maximum Gasteiger partial charge on any atom is 0.321 e. The molecule has 0 fully saturated rings. The van der Waals surface area contributed by atoms with Crippen molar-refractivity contribution < 1.29 is 27.2 Å². The number of rotatable bonds is 8. The zero-order valence-corrected chi connectivity index (χ0v) is 18.0. The number of sulfonamides is 1.